The molecule has 1 aliphatic rings. The van der Waals surface area contributed by atoms with Gasteiger partial charge in [-0.15, -0.1) is 0 Å². The summed E-state index contributed by atoms with van der Waals surface area (Å²) >= 11 is 0. The Kier molecular flexibility index (Phi) is 4.78. The molecular formula is C16H22N4O3. The van der Waals surface area contributed by atoms with Gasteiger partial charge in [-0.2, -0.15) is 0 Å². The van der Waals surface area contributed by atoms with Gasteiger partial charge in [-0.3, -0.25) is 9.88 Å². The maximum absolute atomic E-state index is 10.3. The number of likely N-dealkylation sites (tertiary alicyclic amines) is 1. The van der Waals surface area contributed by atoms with Gasteiger partial charge < -0.3 is 20.3 Å². The van der Waals surface area contributed by atoms with Crippen molar-refractivity contribution in [1.29, 1.82) is 0 Å². The number of piperidine rings is 1. The van der Waals surface area contributed by atoms with Crippen LogP contribution in [0.2, 0.25) is 0 Å². The second kappa shape index (κ2) is 6.97. The summed E-state index contributed by atoms with van der Waals surface area (Å²) < 4.78 is 10.8. The second-order valence-electron chi connectivity index (χ2n) is 5.72. The van der Waals surface area contributed by atoms with Gasteiger partial charge in [0.2, 0.25) is 5.88 Å². The minimum absolute atomic E-state index is 0.00503. The lowest BCUT2D eigenvalue weighted by Crippen LogP contribution is -2.41. The predicted octanol–water partition coefficient (Wildman–Crippen LogP) is 1.15. The SMILES string of the molecule is COc1ccc2ncc(OCCN3CCC(N)CC3)c(O)c2n1. The maximum atomic E-state index is 10.3. The van der Waals surface area contributed by atoms with Crippen LogP contribution in [-0.2, 0) is 0 Å². The molecule has 0 radical (unpaired) electrons. The average Bonchev–Trinajstić information content (AvgIpc) is 2.58. The summed E-state index contributed by atoms with van der Waals surface area (Å²) in [6.45, 7) is 3.27. The van der Waals surface area contributed by atoms with E-state index < -0.39 is 0 Å². The molecule has 1 fully saturated rings. The summed E-state index contributed by atoms with van der Waals surface area (Å²) in [4.78, 5) is 10.8. The highest BCUT2D eigenvalue weighted by Gasteiger charge is 2.16. The van der Waals surface area contributed by atoms with Gasteiger partial charge in [-0.05, 0) is 32.0 Å². The lowest BCUT2D eigenvalue weighted by molar-refractivity contribution is 0.172. The number of pyridine rings is 2. The number of hydrogen-bond acceptors (Lipinski definition) is 7. The molecule has 1 saturated heterocycles. The zero-order valence-corrected chi connectivity index (χ0v) is 13.2. The molecule has 0 aliphatic carbocycles. The molecule has 0 unspecified atom stereocenters. The van der Waals surface area contributed by atoms with Crippen molar-refractivity contribution < 1.29 is 14.6 Å². The number of fused-ring (bicyclic) bond motifs is 1. The number of methoxy groups -OCH3 is 1. The molecule has 2 aromatic rings. The Morgan fingerprint density at radius 3 is 2.87 bits per heavy atom. The lowest BCUT2D eigenvalue weighted by Gasteiger charge is -2.29. The standard InChI is InChI=1S/C16H22N4O3/c1-22-14-3-2-12-15(19-14)16(21)13(10-18-12)23-9-8-20-6-4-11(17)5-7-20/h2-3,10-11H,4-9,17H2,1H3,(H,18,21). The largest absolute Gasteiger partial charge is 0.503 e. The molecule has 124 valence electrons. The topological polar surface area (TPSA) is 93.7 Å². The Morgan fingerprint density at radius 2 is 2.13 bits per heavy atom. The first-order valence-corrected chi connectivity index (χ1v) is 7.81. The van der Waals surface area contributed by atoms with E-state index in [0.717, 1.165) is 32.5 Å². The molecule has 3 rings (SSSR count). The normalized spacial score (nSPS) is 16.6. The predicted molar refractivity (Wildman–Crippen MR) is 86.9 cm³/mol. The Bertz CT molecular complexity index is 672. The Balaban J connectivity index is 1.64. The van der Waals surface area contributed by atoms with E-state index in [1.165, 1.54) is 13.3 Å². The highest BCUT2D eigenvalue weighted by molar-refractivity contribution is 5.83. The zero-order valence-electron chi connectivity index (χ0n) is 13.2. The van der Waals surface area contributed by atoms with Gasteiger partial charge in [0.1, 0.15) is 12.1 Å². The third-order valence-electron chi connectivity index (χ3n) is 4.13. The molecule has 7 heteroatoms. The minimum atomic E-state index is -0.00503. The van der Waals surface area contributed by atoms with Gasteiger partial charge in [0, 0.05) is 18.7 Å². The fourth-order valence-electron chi connectivity index (χ4n) is 2.70. The third kappa shape index (κ3) is 3.62. The van der Waals surface area contributed by atoms with Crippen molar-refractivity contribution in [2.45, 2.75) is 18.9 Å². The van der Waals surface area contributed by atoms with Crippen LogP contribution in [0.3, 0.4) is 0 Å². The van der Waals surface area contributed by atoms with Crippen molar-refractivity contribution in [2.24, 2.45) is 5.73 Å². The maximum Gasteiger partial charge on any atom is 0.213 e. The highest BCUT2D eigenvalue weighted by atomic mass is 16.5. The monoisotopic (exact) mass is 318 g/mol. The van der Waals surface area contributed by atoms with Gasteiger partial charge in [0.05, 0.1) is 18.8 Å². The van der Waals surface area contributed by atoms with E-state index in [0.29, 0.717) is 35.3 Å². The Morgan fingerprint density at radius 1 is 1.35 bits per heavy atom. The van der Waals surface area contributed by atoms with Crippen LogP contribution in [0.1, 0.15) is 12.8 Å². The summed E-state index contributed by atoms with van der Waals surface area (Å²) in [6.07, 6.45) is 3.57. The van der Waals surface area contributed by atoms with Gasteiger partial charge in [-0.25, -0.2) is 4.98 Å². The van der Waals surface area contributed by atoms with Crippen molar-refractivity contribution in [3.63, 3.8) is 0 Å². The van der Waals surface area contributed by atoms with E-state index in [1.807, 2.05) is 0 Å². The van der Waals surface area contributed by atoms with Crippen LogP contribution < -0.4 is 15.2 Å². The number of aromatic hydroxyl groups is 1. The van der Waals surface area contributed by atoms with E-state index in [-0.39, 0.29) is 5.75 Å². The molecule has 1 aliphatic heterocycles. The van der Waals surface area contributed by atoms with Crippen molar-refractivity contribution in [1.82, 2.24) is 14.9 Å². The molecule has 2 aromatic heterocycles. The molecule has 0 saturated carbocycles. The van der Waals surface area contributed by atoms with Gasteiger partial charge >= 0.3 is 0 Å². The van der Waals surface area contributed by atoms with Crippen molar-refractivity contribution in [3.05, 3.63) is 18.3 Å². The molecule has 0 aromatic carbocycles. The van der Waals surface area contributed by atoms with Crippen LogP contribution in [0.25, 0.3) is 11.0 Å². The molecule has 3 N–H and O–H groups in total. The summed E-state index contributed by atoms with van der Waals surface area (Å²) in [5.74, 6) is 0.762. The van der Waals surface area contributed by atoms with Crippen LogP contribution in [0, 0.1) is 0 Å². The Hall–Kier alpha value is -2.12. The first-order valence-electron chi connectivity index (χ1n) is 7.81. The summed E-state index contributed by atoms with van der Waals surface area (Å²) in [5.41, 5.74) is 6.87. The average molecular weight is 318 g/mol. The lowest BCUT2D eigenvalue weighted by atomic mass is 10.1. The summed E-state index contributed by atoms with van der Waals surface area (Å²) in [5, 5.41) is 10.3. The number of aromatic nitrogens is 2. The summed E-state index contributed by atoms with van der Waals surface area (Å²) in [7, 11) is 1.53. The first kappa shape index (κ1) is 15.8. The molecule has 3 heterocycles. The molecule has 0 spiro atoms. The molecule has 0 amide bonds. The van der Waals surface area contributed by atoms with E-state index >= 15 is 0 Å². The quantitative estimate of drug-likeness (QED) is 0.854. The van der Waals surface area contributed by atoms with E-state index in [1.54, 1.807) is 12.1 Å². The number of hydrogen-bond donors (Lipinski definition) is 2. The number of nitrogens with zero attached hydrogens (tertiary/aromatic N) is 3. The van der Waals surface area contributed by atoms with Crippen molar-refractivity contribution in [2.75, 3.05) is 33.4 Å². The smallest absolute Gasteiger partial charge is 0.213 e. The van der Waals surface area contributed by atoms with Crippen molar-refractivity contribution >= 4 is 11.0 Å². The van der Waals surface area contributed by atoms with Crippen LogP contribution in [0.15, 0.2) is 18.3 Å². The number of nitrogens with two attached hydrogens (primary N) is 1. The fourth-order valence-corrected chi connectivity index (χ4v) is 2.70. The molecule has 0 atom stereocenters. The Labute approximate surface area is 135 Å². The van der Waals surface area contributed by atoms with Crippen molar-refractivity contribution in [3.8, 4) is 17.4 Å². The molecular weight excluding hydrogens is 296 g/mol. The van der Waals surface area contributed by atoms with E-state index in [2.05, 4.69) is 14.9 Å². The third-order valence-corrected chi connectivity index (χ3v) is 4.13. The van der Waals surface area contributed by atoms with Gasteiger partial charge in [-0.1, -0.05) is 0 Å². The van der Waals surface area contributed by atoms with Crippen LogP contribution in [0.4, 0.5) is 0 Å². The number of rotatable bonds is 5. The zero-order chi connectivity index (χ0) is 16.2. The fraction of sp³-hybridized carbons (Fsp3) is 0.500. The van der Waals surface area contributed by atoms with Gasteiger partial charge in [0.25, 0.3) is 0 Å². The second-order valence-corrected chi connectivity index (χ2v) is 5.72. The van der Waals surface area contributed by atoms with E-state index in [9.17, 15) is 5.11 Å². The van der Waals surface area contributed by atoms with Crippen LogP contribution in [0.5, 0.6) is 17.4 Å². The van der Waals surface area contributed by atoms with Gasteiger partial charge in [0.15, 0.2) is 11.5 Å². The summed E-state index contributed by atoms with van der Waals surface area (Å²) in [6, 6.07) is 3.78. The molecule has 7 nitrogen and oxygen atoms in total. The van der Waals surface area contributed by atoms with E-state index in [4.69, 9.17) is 15.2 Å². The highest BCUT2D eigenvalue weighted by Crippen LogP contribution is 2.32. The molecule has 23 heavy (non-hydrogen) atoms. The van der Waals surface area contributed by atoms with Crippen LogP contribution in [-0.4, -0.2) is 59.4 Å². The first-order chi connectivity index (χ1) is 11.2. The minimum Gasteiger partial charge on any atom is -0.503 e. The van der Waals surface area contributed by atoms with Crippen LogP contribution >= 0.6 is 0 Å². The number of ether oxygens (including phenoxy) is 2. The molecule has 0 bridgehead atoms.